The summed E-state index contributed by atoms with van der Waals surface area (Å²) in [5.41, 5.74) is 3.99. The molecule has 7 nitrogen and oxygen atoms in total. The second-order valence-electron chi connectivity index (χ2n) is 5.32. The number of benzene rings is 2. The van der Waals surface area contributed by atoms with Crippen molar-refractivity contribution in [2.24, 2.45) is 5.10 Å². The average molecular weight is 390 g/mol. The summed E-state index contributed by atoms with van der Waals surface area (Å²) in [4.78, 5) is 23.0. The van der Waals surface area contributed by atoms with Crippen LogP contribution < -0.4 is 15.5 Å². The van der Waals surface area contributed by atoms with E-state index in [0.29, 0.717) is 17.4 Å². The number of halogens is 1. The van der Waals surface area contributed by atoms with E-state index in [9.17, 15) is 9.59 Å². The summed E-state index contributed by atoms with van der Waals surface area (Å²) in [6, 6.07) is 13.9. The SMILES string of the molecule is CCOC(=O)COc1ccc(/C=N\NC(=O)CNc2ccc(Cl)cc2)cc1. The van der Waals surface area contributed by atoms with Gasteiger partial charge in [-0.2, -0.15) is 5.10 Å². The Morgan fingerprint density at radius 3 is 2.48 bits per heavy atom. The van der Waals surface area contributed by atoms with Crippen molar-refractivity contribution < 1.29 is 19.1 Å². The summed E-state index contributed by atoms with van der Waals surface area (Å²) in [6.07, 6.45) is 1.51. The number of anilines is 1. The van der Waals surface area contributed by atoms with Crippen molar-refractivity contribution in [1.82, 2.24) is 5.43 Å². The number of esters is 1. The van der Waals surface area contributed by atoms with Crippen molar-refractivity contribution in [3.05, 3.63) is 59.1 Å². The van der Waals surface area contributed by atoms with Gasteiger partial charge in [-0.1, -0.05) is 11.6 Å². The van der Waals surface area contributed by atoms with E-state index >= 15 is 0 Å². The molecule has 2 aromatic carbocycles. The molecule has 0 unspecified atom stereocenters. The predicted octanol–water partition coefficient (Wildman–Crippen LogP) is 2.84. The molecule has 0 aromatic heterocycles. The van der Waals surface area contributed by atoms with Gasteiger partial charge in [-0.05, 0) is 61.0 Å². The van der Waals surface area contributed by atoms with E-state index in [1.54, 1.807) is 55.5 Å². The van der Waals surface area contributed by atoms with Gasteiger partial charge >= 0.3 is 5.97 Å². The number of carbonyl (C=O) groups excluding carboxylic acids is 2. The third kappa shape index (κ3) is 7.79. The van der Waals surface area contributed by atoms with Crippen LogP contribution in [0, 0.1) is 0 Å². The van der Waals surface area contributed by atoms with E-state index in [2.05, 4.69) is 15.8 Å². The van der Waals surface area contributed by atoms with Gasteiger partial charge in [0.15, 0.2) is 6.61 Å². The van der Waals surface area contributed by atoms with Crippen LogP contribution in [0.3, 0.4) is 0 Å². The fourth-order valence-electron chi connectivity index (χ4n) is 1.96. The van der Waals surface area contributed by atoms with Crippen LogP contribution in [0.5, 0.6) is 5.75 Å². The second-order valence-corrected chi connectivity index (χ2v) is 5.75. The van der Waals surface area contributed by atoms with Crippen LogP contribution in [0.4, 0.5) is 5.69 Å². The maximum Gasteiger partial charge on any atom is 0.344 e. The van der Waals surface area contributed by atoms with E-state index in [1.807, 2.05) is 0 Å². The summed E-state index contributed by atoms with van der Waals surface area (Å²) in [7, 11) is 0. The highest BCUT2D eigenvalue weighted by molar-refractivity contribution is 6.30. The molecule has 0 atom stereocenters. The largest absolute Gasteiger partial charge is 0.482 e. The summed E-state index contributed by atoms with van der Waals surface area (Å²) in [5.74, 6) is -0.162. The Balaban J connectivity index is 1.72. The lowest BCUT2D eigenvalue weighted by atomic mass is 10.2. The molecule has 0 saturated carbocycles. The van der Waals surface area contributed by atoms with Crippen molar-refractivity contribution in [3.8, 4) is 5.75 Å². The lowest BCUT2D eigenvalue weighted by molar-refractivity contribution is -0.145. The Morgan fingerprint density at radius 2 is 1.81 bits per heavy atom. The minimum absolute atomic E-state index is 0.0829. The first-order chi connectivity index (χ1) is 13.1. The van der Waals surface area contributed by atoms with Crippen molar-refractivity contribution in [2.45, 2.75) is 6.92 Å². The molecule has 0 fully saturated rings. The molecule has 0 aliphatic heterocycles. The molecular formula is C19H20ClN3O4. The lowest BCUT2D eigenvalue weighted by Gasteiger charge is -2.06. The van der Waals surface area contributed by atoms with Gasteiger partial charge in [0, 0.05) is 10.7 Å². The molecule has 0 heterocycles. The number of ether oxygens (including phenoxy) is 2. The Hall–Kier alpha value is -3.06. The highest BCUT2D eigenvalue weighted by Gasteiger charge is 2.03. The first-order valence-electron chi connectivity index (χ1n) is 8.26. The third-order valence-corrected chi connectivity index (χ3v) is 3.49. The smallest absolute Gasteiger partial charge is 0.344 e. The summed E-state index contributed by atoms with van der Waals surface area (Å²) < 4.78 is 10.1. The Bertz CT molecular complexity index is 777. The zero-order chi connectivity index (χ0) is 19.5. The quantitative estimate of drug-likeness (QED) is 0.391. The van der Waals surface area contributed by atoms with Crippen molar-refractivity contribution in [2.75, 3.05) is 25.1 Å². The molecule has 2 N–H and O–H groups in total. The van der Waals surface area contributed by atoms with E-state index in [1.165, 1.54) is 6.21 Å². The maximum atomic E-state index is 11.8. The van der Waals surface area contributed by atoms with Crippen LogP contribution >= 0.6 is 11.6 Å². The molecule has 2 rings (SSSR count). The van der Waals surface area contributed by atoms with Gasteiger partial charge in [0.05, 0.1) is 19.4 Å². The monoisotopic (exact) mass is 389 g/mol. The van der Waals surface area contributed by atoms with Gasteiger partial charge in [-0.15, -0.1) is 0 Å². The van der Waals surface area contributed by atoms with Gasteiger partial charge < -0.3 is 14.8 Å². The van der Waals surface area contributed by atoms with Crippen LogP contribution in [-0.4, -0.2) is 37.8 Å². The van der Waals surface area contributed by atoms with Crippen LogP contribution in [0.2, 0.25) is 5.02 Å². The topological polar surface area (TPSA) is 89.0 Å². The highest BCUT2D eigenvalue weighted by atomic mass is 35.5. The second kappa shape index (κ2) is 10.8. The molecule has 8 heteroatoms. The average Bonchev–Trinajstić information content (AvgIpc) is 2.67. The molecule has 0 aliphatic carbocycles. The number of hydrogen-bond donors (Lipinski definition) is 2. The molecule has 1 amide bonds. The Kier molecular flexibility index (Phi) is 8.12. The molecule has 0 spiro atoms. The zero-order valence-corrected chi connectivity index (χ0v) is 15.5. The molecular weight excluding hydrogens is 370 g/mol. The molecule has 2 aromatic rings. The van der Waals surface area contributed by atoms with Crippen molar-refractivity contribution in [1.29, 1.82) is 0 Å². The van der Waals surface area contributed by atoms with Crippen LogP contribution in [0.15, 0.2) is 53.6 Å². The number of carbonyl (C=O) groups is 2. The van der Waals surface area contributed by atoms with Gasteiger partial charge in [0.2, 0.25) is 0 Å². The minimum Gasteiger partial charge on any atom is -0.482 e. The van der Waals surface area contributed by atoms with Crippen molar-refractivity contribution >= 4 is 35.4 Å². The summed E-state index contributed by atoms with van der Waals surface area (Å²) in [5, 5.41) is 7.49. The number of hydrazone groups is 1. The van der Waals surface area contributed by atoms with Gasteiger partial charge in [0.1, 0.15) is 5.75 Å². The van der Waals surface area contributed by atoms with Crippen LogP contribution in [0.25, 0.3) is 0 Å². The molecule has 0 saturated heterocycles. The zero-order valence-electron chi connectivity index (χ0n) is 14.8. The van der Waals surface area contributed by atoms with Crippen LogP contribution in [0.1, 0.15) is 12.5 Å². The standard InChI is InChI=1S/C19H20ClN3O4/c1-2-26-19(25)13-27-17-9-3-14(4-10-17)11-22-23-18(24)12-21-16-7-5-15(20)6-8-16/h3-11,21H,2,12-13H2,1H3,(H,23,24)/b22-11-. The van der Waals surface area contributed by atoms with E-state index in [0.717, 1.165) is 11.3 Å². The lowest BCUT2D eigenvalue weighted by Crippen LogP contribution is -2.25. The highest BCUT2D eigenvalue weighted by Crippen LogP contribution is 2.13. The molecule has 0 aliphatic rings. The minimum atomic E-state index is -0.418. The van der Waals surface area contributed by atoms with E-state index in [-0.39, 0.29) is 19.1 Å². The Morgan fingerprint density at radius 1 is 1.11 bits per heavy atom. The number of nitrogens with one attached hydrogen (secondary N) is 2. The maximum absolute atomic E-state index is 11.8. The van der Waals surface area contributed by atoms with Gasteiger partial charge in [-0.25, -0.2) is 10.2 Å². The van der Waals surface area contributed by atoms with Gasteiger partial charge in [0.25, 0.3) is 5.91 Å². The number of nitrogens with zero attached hydrogens (tertiary/aromatic N) is 1. The van der Waals surface area contributed by atoms with E-state index < -0.39 is 5.97 Å². The Labute approximate surface area is 162 Å². The number of hydrogen-bond acceptors (Lipinski definition) is 6. The van der Waals surface area contributed by atoms with Crippen LogP contribution in [-0.2, 0) is 14.3 Å². The van der Waals surface area contributed by atoms with E-state index in [4.69, 9.17) is 21.1 Å². The first kappa shape index (κ1) is 20.3. The summed E-state index contributed by atoms with van der Waals surface area (Å²) in [6.45, 7) is 1.99. The third-order valence-electron chi connectivity index (χ3n) is 3.24. The fraction of sp³-hybridized carbons (Fsp3) is 0.211. The normalized spacial score (nSPS) is 10.4. The van der Waals surface area contributed by atoms with Gasteiger partial charge in [-0.3, -0.25) is 4.79 Å². The molecule has 142 valence electrons. The number of amides is 1. The first-order valence-corrected chi connectivity index (χ1v) is 8.64. The fourth-order valence-corrected chi connectivity index (χ4v) is 2.09. The molecule has 0 bridgehead atoms. The molecule has 0 radical (unpaired) electrons. The molecule has 27 heavy (non-hydrogen) atoms. The predicted molar refractivity (Wildman–Crippen MR) is 104 cm³/mol. The van der Waals surface area contributed by atoms with Crippen molar-refractivity contribution in [3.63, 3.8) is 0 Å². The summed E-state index contributed by atoms with van der Waals surface area (Å²) >= 11 is 5.80. The number of rotatable bonds is 9.